The van der Waals surface area contributed by atoms with Gasteiger partial charge in [0.2, 0.25) is 0 Å². The monoisotopic (exact) mass is 251 g/mol. The quantitative estimate of drug-likeness (QED) is 0.564. The van der Waals surface area contributed by atoms with E-state index in [0.717, 1.165) is 17.2 Å². The fraction of sp³-hybridized carbons (Fsp3) is 0.333. The van der Waals surface area contributed by atoms with Crippen molar-refractivity contribution in [1.29, 1.82) is 0 Å². The largest absolute Gasteiger partial charge is 0.351 e. The van der Waals surface area contributed by atoms with Crippen molar-refractivity contribution in [2.75, 3.05) is 18.1 Å². The summed E-state index contributed by atoms with van der Waals surface area (Å²) in [6, 6.07) is 3.40. The van der Waals surface area contributed by atoms with Gasteiger partial charge in [0.15, 0.2) is 0 Å². The fourth-order valence-corrected chi connectivity index (χ4v) is 1.82. The van der Waals surface area contributed by atoms with E-state index in [2.05, 4.69) is 16.9 Å². The highest BCUT2D eigenvalue weighted by atomic mass is 32.2. The third-order valence-corrected chi connectivity index (χ3v) is 3.02. The van der Waals surface area contributed by atoms with E-state index in [0.29, 0.717) is 18.7 Å². The number of nitrogens with zero attached hydrogens (tertiary/aromatic N) is 1. The lowest BCUT2D eigenvalue weighted by molar-refractivity contribution is 0.0956. The van der Waals surface area contributed by atoms with Crippen molar-refractivity contribution in [3.63, 3.8) is 0 Å². The molecule has 0 spiro atoms. The van der Waals surface area contributed by atoms with Crippen LogP contribution in [0.5, 0.6) is 0 Å². The summed E-state index contributed by atoms with van der Waals surface area (Å²) in [6.45, 7) is 4.63. The Kier molecular flexibility index (Phi) is 6.35. The molecule has 0 aliphatic heterocycles. The Bertz CT molecular complexity index is 382. The van der Waals surface area contributed by atoms with Crippen LogP contribution in [0.4, 0.5) is 0 Å². The number of hydrogen-bond donors (Lipinski definition) is 2. The lowest BCUT2D eigenvalue weighted by Crippen LogP contribution is -2.26. The van der Waals surface area contributed by atoms with Gasteiger partial charge in [-0.25, -0.2) is 0 Å². The highest BCUT2D eigenvalue weighted by molar-refractivity contribution is 7.99. The molecule has 0 fully saturated rings. The van der Waals surface area contributed by atoms with E-state index in [1.54, 1.807) is 30.1 Å². The number of nitrogens with two attached hydrogens (primary N) is 1. The molecule has 0 aromatic carbocycles. The minimum Gasteiger partial charge on any atom is -0.351 e. The maximum absolute atomic E-state index is 11.7. The number of rotatable bonds is 7. The average molecular weight is 251 g/mol. The lowest BCUT2D eigenvalue weighted by Gasteiger charge is -2.05. The van der Waals surface area contributed by atoms with E-state index in [1.165, 1.54) is 0 Å². The third kappa shape index (κ3) is 5.01. The minimum absolute atomic E-state index is 0.0821. The third-order valence-electron chi connectivity index (χ3n) is 2.06. The van der Waals surface area contributed by atoms with E-state index in [1.807, 2.05) is 6.08 Å². The van der Waals surface area contributed by atoms with Gasteiger partial charge in [-0.05, 0) is 12.1 Å². The Hall–Kier alpha value is -1.33. The minimum atomic E-state index is -0.0821. The summed E-state index contributed by atoms with van der Waals surface area (Å²) in [7, 11) is 0. The number of hydrogen-bond acceptors (Lipinski definition) is 4. The number of carbonyl (C=O) groups is 1. The Morgan fingerprint density at radius 2 is 2.47 bits per heavy atom. The van der Waals surface area contributed by atoms with Gasteiger partial charge in [-0.3, -0.25) is 9.78 Å². The van der Waals surface area contributed by atoms with Crippen LogP contribution >= 0.6 is 11.8 Å². The summed E-state index contributed by atoms with van der Waals surface area (Å²) in [4.78, 5) is 15.8. The van der Waals surface area contributed by atoms with Crippen LogP contribution in [0.1, 0.15) is 16.1 Å². The van der Waals surface area contributed by atoms with E-state index in [9.17, 15) is 4.79 Å². The van der Waals surface area contributed by atoms with Crippen molar-refractivity contribution in [1.82, 2.24) is 10.3 Å². The van der Waals surface area contributed by atoms with Gasteiger partial charge in [0.1, 0.15) is 0 Å². The van der Waals surface area contributed by atoms with Gasteiger partial charge in [0.05, 0.1) is 5.69 Å². The van der Waals surface area contributed by atoms with Gasteiger partial charge < -0.3 is 11.1 Å². The first-order valence-electron chi connectivity index (χ1n) is 5.39. The van der Waals surface area contributed by atoms with Crippen LogP contribution in [0.15, 0.2) is 31.0 Å². The van der Waals surface area contributed by atoms with E-state index < -0.39 is 0 Å². The Morgan fingerprint density at radius 3 is 3.18 bits per heavy atom. The molecule has 0 bridgehead atoms. The normalized spacial score (nSPS) is 9.94. The molecule has 17 heavy (non-hydrogen) atoms. The second kappa shape index (κ2) is 7.86. The summed E-state index contributed by atoms with van der Waals surface area (Å²) >= 11 is 1.73. The second-order valence-electron chi connectivity index (χ2n) is 3.36. The molecule has 1 heterocycles. The summed E-state index contributed by atoms with van der Waals surface area (Å²) < 4.78 is 0. The smallest absolute Gasteiger partial charge is 0.251 e. The van der Waals surface area contributed by atoms with Gasteiger partial charge in [0, 0.05) is 36.4 Å². The van der Waals surface area contributed by atoms with E-state index in [4.69, 9.17) is 5.73 Å². The number of amides is 1. The van der Waals surface area contributed by atoms with Crippen LogP contribution in [0, 0.1) is 0 Å². The fourth-order valence-electron chi connectivity index (χ4n) is 1.24. The molecule has 0 unspecified atom stereocenters. The first-order chi connectivity index (χ1) is 8.27. The molecule has 92 valence electrons. The van der Waals surface area contributed by atoms with Crippen molar-refractivity contribution >= 4 is 17.7 Å². The molecule has 1 rings (SSSR count). The zero-order valence-corrected chi connectivity index (χ0v) is 10.5. The molecule has 5 heteroatoms. The van der Waals surface area contributed by atoms with Crippen molar-refractivity contribution in [2.45, 2.75) is 6.54 Å². The van der Waals surface area contributed by atoms with Gasteiger partial charge >= 0.3 is 0 Å². The number of pyridine rings is 1. The van der Waals surface area contributed by atoms with Crippen molar-refractivity contribution in [3.8, 4) is 0 Å². The molecule has 0 atom stereocenters. The molecule has 1 aromatic rings. The van der Waals surface area contributed by atoms with E-state index >= 15 is 0 Å². The molecule has 0 aliphatic carbocycles. The second-order valence-corrected chi connectivity index (χ2v) is 4.51. The SMILES string of the molecule is C=CCSCCNC(=O)c1ccnc(CN)c1. The standard InChI is InChI=1S/C12H17N3OS/c1-2-6-17-7-5-15-12(16)10-3-4-14-11(8-10)9-13/h2-4,8H,1,5-7,9,13H2,(H,15,16). The molecule has 0 saturated carbocycles. The van der Waals surface area contributed by atoms with Gasteiger partial charge in [-0.1, -0.05) is 6.08 Å². The zero-order chi connectivity index (χ0) is 12.5. The highest BCUT2D eigenvalue weighted by Gasteiger charge is 2.05. The summed E-state index contributed by atoms with van der Waals surface area (Å²) in [5.74, 6) is 1.70. The Balaban J connectivity index is 2.38. The number of carbonyl (C=O) groups excluding carboxylic acids is 1. The molecule has 3 N–H and O–H groups in total. The van der Waals surface area contributed by atoms with Gasteiger partial charge in [0.25, 0.3) is 5.91 Å². The maximum Gasteiger partial charge on any atom is 0.251 e. The van der Waals surface area contributed by atoms with E-state index in [-0.39, 0.29) is 5.91 Å². The Labute approximate surface area is 106 Å². The van der Waals surface area contributed by atoms with Crippen LogP contribution < -0.4 is 11.1 Å². The molecule has 1 aromatic heterocycles. The lowest BCUT2D eigenvalue weighted by atomic mass is 10.2. The first kappa shape index (κ1) is 13.7. The average Bonchev–Trinajstić information content (AvgIpc) is 2.38. The maximum atomic E-state index is 11.7. The first-order valence-corrected chi connectivity index (χ1v) is 6.55. The Morgan fingerprint density at radius 1 is 1.65 bits per heavy atom. The predicted molar refractivity (Wildman–Crippen MR) is 72.0 cm³/mol. The van der Waals surface area contributed by atoms with Gasteiger partial charge in [-0.15, -0.1) is 6.58 Å². The van der Waals surface area contributed by atoms with Crippen LogP contribution in [0.25, 0.3) is 0 Å². The molecule has 0 aliphatic rings. The molecule has 0 radical (unpaired) electrons. The van der Waals surface area contributed by atoms with Crippen molar-refractivity contribution < 1.29 is 4.79 Å². The van der Waals surface area contributed by atoms with Crippen LogP contribution in [-0.2, 0) is 6.54 Å². The summed E-state index contributed by atoms with van der Waals surface area (Å²) in [5.41, 5.74) is 6.79. The molecular formula is C12H17N3OS. The van der Waals surface area contributed by atoms with Crippen molar-refractivity contribution in [2.24, 2.45) is 5.73 Å². The molecule has 1 amide bonds. The van der Waals surface area contributed by atoms with Crippen molar-refractivity contribution in [3.05, 3.63) is 42.2 Å². The predicted octanol–water partition coefficient (Wildman–Crippen LogP) is 1.19. The van der Waals surface area contributed by atoms with Crippen LogP contribution in [0.3, 0.4) is 0 Å². The molecular weight excluding hydrogens is 234 g/mol. The summed E-state index contributed by atoms with van der Waals surface area (Å²) in [6.07, 6.45) is 3.45. The molecule has 4 nitrogen and oxygen atoms in total. The number of aromatic nitrogens is 1. The van der Waals surface area contributed by atoms with Gasteiger partial charge in [-0.2, -0.15) is 11.8 Å². The van der Waals surface area contributed by atoms with Crippen LogP contribution in [0.2, 0.25) is 0 Å². The number of thioether (sulfide) groups is 1. The highest BCUT2D eigenvalue weighted by Crippen LogP contribution is 2.02. The summed E-state index contributed by atoms with van der Waals surface area (Å²) in [5, 5.41) is 2.85. The number of nitrogens with one attached hydrogen (secondary N) is 1. The zero-order valence-electron chi connectivity index (χ0n) is 9.69. The van der Waals surface area contributed by atoms with Crippen LogP contribution in [-0.4, -0.2) is 28.9 Å². The molecule has 0 saturated heterocycles. The topological polar surface area (TPSA) is 68.0 Å².